The van der Waals surface area contributed by atoms with Gasteiger partial charge in [-0.15, -0.1) is 0 Å². The van der Waals surface area contributed by atoms with Crippen molar-refractivity contribution in [1.29, 1.82) is 0 Å². The molecule has 0 bridgehead atoms. The van der Waals surface area contributed by atoms with Gasteiger partial charge in [0.25, 0.3) is 0 Å². The topological polar surface area (TPSA) is 100 Å². The summed E-state index contributed by atoms with van der Waals surface area (Å²) in [6.07, 6.45) is 1.44. The van der Waals surface area contributed by atoms with E-state index in [0.29, 0.717) is 6.42 Å². The molecular formula is C5H10N4O2. The van der Waals surface area contributed by atoms with Crippen molar-refractivity contribution in [3.8, 4) is 0 Å². The summed E-state index contributed by atoms with van der Waals surface area (Å²) in [4.78, 5) is 10.3. The van der Waals surface area contributed by atoms with Crippen LogP contribution in [0, 0.1) is 0 Å². The number of nitrogens with one attached hydrogen (secondary N) is 1. The maximum Gasteiger partial charge on any atom is 0.352 e. The van der Waals surface area contributed by atoms with Crippen LogP contribution in [0.4, 0.5) is 0 Å². The van der Waals surface area contributed by atoms with E-state index in [4.69, 9.17) is 10.9 Å². The predicted octanol–water partition coefficient (Wildman–Crippen LogP) is -0.671. The van der Waals surface area contributed by atoms with E-state index in [9.17, 15) is 4.79 Å². The molecule has 0 saturated heterocycles. The second-order valence-corrected chi connectivity index (χ2v) is 1.62. The molecule has 0 saturated carbocycles. The zero-order valence-corrected chi connectivity index (χ0v) is 6.11. The minimum absolute atomic E-state index is 0.0323. The largest absolute Gasteiger partial charge is 0.477 e. The molecule has 0 fully saturated rings. The van der Waals surface area contributed by atoms with Crippen LogP contribution < -0.4 is 11.3 Å². The highest BCUT2D eigenvalue weighted by Gasteiger charge is 2.04. The number of nitrogens with zero attached hydrogens (tertiary/aromatic N) is 2. The molecule has 11 heavy (non-hydrogen) atoms. The molecule has 0 rings (SSSR count). The van der Waals surface area contributed by atoms with E-state index in [1.165, 1.54) is 0 Å². The van der Waals surface area contributed by atoms with Gasteiger partial charge in [-0.25, -0.2) is 4.79 Å². The van der Waals surface area contributed by atoms with E-state index < -0.39 is 5.97 Å². The van der Waals surface area contributed by atoms with Crippen molar-refractivity contribution in [3.05, 3.63) is 0 Å². The molecule has 0 aromatic heterocycles. The molecular weight excluding hydrogens is 148 g/mol. The standard InChI is InChI=1S/C5H10N4O2/c1-2-4(5(10)11)9-8-3-7-6/h3H,2,6H2,1H3,(H,7,8)(H,10,11). The fraction of sp³-hybridized carbons (Fsp3) is 0.400. The van der Waals surface area contributed by atoms with Crippen molar-refractivity contribution >= 4 is 18.0 Å². The van der Waals surface area contributed by atoms with Crippen LogP contribution in [0.2, 0.25) is 0 Å². The van der Waals surface area contributed by atoms with Crippen molar-refractivity contribution < 1.29 is 9.90 Å². The van der Waals surface area contributed by atoms with Gasteiger partial charge in [-0.05, 0) is 6.42 Å². The second kappa shape index (κ2) is 5.21. The molecule has 0 aliphatic heterocycles. The minimum atomic E-state index is -1.05. The minimum Gasteiger partial charge on any atom is -0.477 e. The van der Waals surface area contributed by atoms with E-state index in [0.717, 1.165) is 6.34 Å². The quantitative estimate of drug-likeness (QED) is 0.218. The molecule has 0 spiro atoms. The zero-order valence-electron chi connectivity index (χ0n) is 6.11. The molecule has 6 heteroatoms. The highest BCUT2D eigenvalue weighted by molar-refractivity contribution is 6.35. The highest BCUT2D eigenvalue weighted by Crippen LogP contribution is 1.83. The summed E-state index contributed by atoms with van der Waals surface area (Å²) in [5, 5.41) is 15.0. The number of hydrogen-bond acceptors (Lipinski definition) is 4. The Morgan fingerprint density at radius 3 is 2.82 bits per heavy atom. The Hall–Kier alpha value is -1.59. The maximum absolute atomic E-state index is 10.3. The van der Waals surface area contributed by atoms with Gasteiger partial charge in [0.05, 0.1) is 0 Å². The van der Waals surface area contributed by atoms with Crippen LogP contribution in [-0.2, 0) is 4.79 Å². The van der Waals surface area contributed by atoms with Gasteiger partial charge in [-0.2, -0.15) is 10.2 Å². The molecule has 0 unspecified atom stereocenters. The predicted molar refractivity (Wildman–Crippen MR) is 41.2 cm³/mol. The summed E-state index contributed by atoms with van der Waals surface area (Å²) in [6.45, 7) is 1.69. The number of carboxylic acid groups (broad SMARTS) is 1. The number of aliphatic carboxylic acids is 1. The lowest BCUT2D eigenvalue weighted by Gasteiger charge is -1.94. The average Bonchev–Trinajstić information content (AvgIpc) is 1.97. The van der Waals surface area contributed by atoms with Crippen LogP contribution in [0.3, 0.4) is 0 Å². The first-order valence-corrected chi connectivity index (χ1v) is 2.99. The lowest BCUT2D eigenvalue weighted by atomic mass is 10.3. The molecule has 0 aliphatic rings. The third kappa shape index (κ3) is 3.90. The Bertz CT molecular complexity index is 187. The molecule has 0 radical (unpaired) electrons. The lowest BCUT2D eigenvalue weighted by molar-refractivity contribution is -0.129. The summed E-state index contributed by atoms with van der Waals surface area (Å²) in [5.74, 6) is 3.67. The number of hydrazone groups is 2. The zero-order chi connectivity index (χ0) is 8.69. The maximum atomic E-state index is 10.3. The van der Waals surface area contributed by atoms with Crippen molar-refractivity contribution in [3.63, 3.8) is 0 Å². The molecule has 6 nitrogen and oxygen atoms in total. The first-order valence-electron chi connectivity index (χ1n) is 2.99. The fourth-order valence-corrected chi connectivity index (χ4v) is 0.418. The first-order chi connectivity index (χ1) is 5.22. The Labute approximate surface area is 63.8 Å². The molecule has 62 valence electrons. The number of rotatable bonds is 4. The van der Waals surface area contributed by atoms with Crippen LogP contribution >= 0.6 is 0 Å². The average molecular weight is 158 g/mol. The van der Waals surface area contributed by atoms with Crippen molar-refractivity contribution in [2.75, 3.05) is 0 Å². The van der Waals surface area contributed by atoms with E-state index in [-0.39, 0.29) is 5.71 Å². The van der Waals surface area contributed by atoms with Crippen molar-refractivity contribution in [2.45, 2.75) is 13.3 Å². The van der Waals surface area contributed by atoms with Crippen molar-refractivity contribution in [1.82, 2.24) is 5.43 Å². The molecule has 0 heterocycles. The summed E-state index contributed by atoms with van der Waals surface area (Å²) >= 11 is 0. The van der Waals surface area contributed by atoms with E-state index in [2.05, 4.69) is 15.6 Å². The number of carbonyl (C=O) groups is 1. The number of carboxylic acids is 1. The normalized spacial score (nSPS) is 11.9. The van der Waals surface area contributed by atoms with E-state index >= 15 is 0 Å². The van der Waals surface area contributed by atoms with Crippen LogP contribution in [0.5, 0.6) is 0 Å². The molecule has 0 atom stereocenters. The fourth-order valence-electron chi connectivity index (χ4n) is 0.418. The summed E-state index contributed by atoms with van der Waals surface area (Å²) in [5.41, 5.74) is 2.29. The summed E-state index contributed by atoms with van der Waals surface area (Å²) in [7, 11) is 0. The lowest BCUT2D eigenvalue weighted by Crippen LogP contribution is -2.16. The smallest absolute Gasteiger partial charge is 0.352 e. The first kappa shape index (κ1) is 9.41. The summed E-state index contributed by atoms with van der Waals surface area (Å²) < 4.78 is 0. The van der Waals surface area contributed by atoms with Gasteiger partial charge in [0.1, 0.15) is 12.1 Å². The third-order valence-electron chi connectivity index (χ3n) is 0.914. The van der Waals surface area contributed by atoms with Gasteiger partial charge in [0.15, 0.2) is 0 Å². The molecule has 4 N–H and O–H groups in total. The van der Waals surface area contributed by atoms with Crippen LogP contribution in [0.1, 0.15) is 13.3 Å². The van der Waals surface area contributed by atoms with Gasteiger partial charge in [0, 0.05) is 0 Å². The van der Waals surface area contributed by atoms with Gasteiger partial charge in [-0.1, -0.05) is 6.92 Å². The Morgan fingerprint density at radius 1 is 1.82 bits per heavy atom. The van der Waals surface area contributed by atoms with E-state index in [1.807, 2.05) is 0 Å². The Balaban J connectivity index is 4.01. The number of hydrogen-bond donors (Lipinski definition) is 3. The van der Waals surface area contributed by atoms with Crippen LogP contribution in [-0.4, -0.2) is 23.1 Å². The van der Waals surface area contributed by atoms with Crippen LogP contribution in [0.15, 0.2) is 10.2 Å². The molecule has 0 aromatic rings. The third-order valence-corrected chi connectivity index (χ3v) is 0.914. The van der Waals surface area contributed by atoms with E-state index in [1.54, 1.807) is 6.92 Å². The SMILES string of the molecule is CCC(=NNC=NN)C(=O)O. The van der Waals surface area contributed by atoms with Gasteiger partial charge < -0.3 is 10.9 Å². The van der Waals surface area contributed by atoms with Crippen molar-refractivity contribution in [2.24, 2.45) is 16.0 Å². The Kier molecular flexibility index (Phi) is 4.46. The monoisotopic (exact) mass is 158 g/mol. The van der Waals surface area contributed by atoms with Gasteiger partial charge in [-0.3, -0.25) is 5.43 Å². The number of nitrogens with two attached hydrogens (primary N) is 1. The Morgan fingerprint density at radius 2 is 2.45 bits per heavy atom. The van der Waals surface area contributed by atoms with Crippen LogP contribution in [0.25, 0.3) is 0 Å². The molecule has 0 amide bonds. The second-order valence-electron chi connectivity index (χ2n) is 1.62. The summed E-state index contributed by atoms with van der Waals surface area (Å²) in [6, 6.07) is 0. The molecule has 0 aromatic carbocycles. The van der Waals surface area contributed by atoms with Gasteiger partial charge >= 0.3 is 5.97 Å². The molecule has 0 aliphatic carbocycles. The van der Waals surface area contributed by atoms with Gasteiger partial charge in [0.2, 0.25) is 0 Å². The highest BCUT2D eigenvalue weighted by atomic mass is 16.4.